The van der Waals surface area contributed by atoms with Crippen LogP contribution >= 0.6 is 0 Å². The molecule has 0 bridgehead atoms. The Morgan fingerprint density at radius 3 is 1.56 bits per heavy atom. The highest BCUT2D eigenvalue weighted by Gasteiger charge is 2.36. The summed E-state index contributed by atoms with van der Waals surface area (Å²) < 4.78 is 5.82. The average molecular weight is 529 g/mol. The zero-order valence-electron chi connectivity index (χ0n) is 25.2. The summed E-state index contributed by atoms with van der Waals surface area (Å²) in [4.78, 5) is 12.2. The van der Waals surface area contributed by atoms with E-state index in [1.54, 1.807) is 0 Å². The maximum atomic E-state index is 12.2. The van der Waals surface area contributed by atoms with Crippen molar-refractivity contribution in [2.45, 2.75) is 111 Å². The molecule has 39 heavy (non-hydrogen) atoms. The Labute approximate surface area is 236 Å². The summed E-state index contributed by atoms with van der Waals surface area (Å²) in [5.41, 5.74) is 7.14. The number of rotatable bonds is 11. The van der Waals surface area contributed by atoms with E-state index in [4.69, 9.17) is 4.74 Å². The SMILES string of the molecule is CCCCCCCCCc1c(OC(=O)O)c(-c2ccccc2)c(C(C)(C)C)c(C(C)(C)C)c1-c1ccccc1. The predicted molar refractivity (Wildman–Crippen MR) is 165 cm³/mol. The highest BCUT2D eigenvalue weighted by molar-refractivity contribution is 5.89. The number of carboxylic acid groups (broad SMARTS) is 1. The number of hydrogen-bond donors (Lipinski definition) is 1. The second-order valence-corrected chi connectivity index (χ2v) is 12.8. The Kier molecular flexibility index (Phi) is 10.4. The van der Waals surface area contributed by atoms with Crippen LogP contribution in [-0.4, -0.2) is 11.3 Å². The molecule has 0 aromatic heterocycles. The van der Waals surface area contributed by atoms with E-state index in [-0.39, 0.29) is 10.8 Å². The molecule has 0 saturated heterocycles. The van der Waals surface area contributed by atoms with E-state index in [2.05, 4.69) is 84.9 Å². The quantitative estimate of drug-likeness (QED) is 0.153. The predicted octanol–water partition coefficient (Wildman–Crippen LogP) is 11.0. The third kappa shape index (κ3) is 7.75. The maximum Gasteiger partial charge on any atom is 0.511 e. The lowest BCUT2D eigenvalue weighted by Crippen LogP contribution is -2.26. The molecule has 3 aromatic carbocycles. The van der Waals surface area contributed by atoms with Crippen LogP contribution in [0.25, 0.3) is 22.3 Å². The summed E-state index contributed by atoms with van der Waals surface area (Å²) in [7, 11) is 0. The molecule has 0 aliphatic rings. The molecule has 210 valence electrons. The van der Waals surface area contributed by atoms with Crippen LogP contribution in [0.1, 0.15) is 110 Å². The van der Waals surface area contributed by atoms with E-state index in [1.165, 1.54) is 37.7 Å². The first-order valence-corrected chi connectivity index (χ1v) is 14.7. The van der Waals surface area contributed by atoms with Gasteiger partial charge < -0.3 is 9.84 Å². The third-order valence-corrected chi connectivity index (χ3v) is 7.40. The van der Waals surface area contributed by atoms with Gasteiger partial charge in [0.25, 0.3) is 0 Å². The minimum absolute atomic E-state index is 0.187. The molecule has 0 saturated carbocycles. The van der Waals surface area contributed by atoms with Crippen LogP contribution in [0.4, 0.5) is 4.79 Å². The van der Waals surface area contributed by atoms with Gasteiger partial charge in [0, 0.05) is 11.1 Å². The lowest BCUT2D eigenvalue weighted by Gasteiger charge is -2.37. The smallest absolute Gasteiger partial charge is 0.449 e. The Balaban J connectivity index is 2.39. The van der Waals surface area contributed by atoms with Gasteiger partial charge in [0.05, 0.1) is 0 Å². The summed E-state index contributed by atoms with van der Waals surface area (Å²) in [5, 5.41) is 10.0. The first-order chi connectivity index (χ1) is 18.5. The van der Waals surface area contributed by atoms with Crippen molar-refractivity contribution < 1.29 is 14.6 Å². The highest BCUT2D eigenvalue weighted by atomic mass is 16.7. The number of benzene rings is 3. The van der Waals surface area contributed by atoms with Crippen LogP contribution in [0.3, 0.4) is 0 Å². The largest absolute Gasteiger partial charge is 0.511 e. The van der Waals surface area contributed by atoms with Crippen molar-refractivity contribution in [1.29, 1.82) is 0 Å². The third-order valence-electron chi connectivity index (χ3n) is 7.40. The lowest BCUT2D eigenvalue weighted by atomic mass is 9.67. The Hall–Kier alpha value is -3.07. The van der Waals surface area contributed by atoms with E-state index in [0.717, 1.165) is 52.6 Å². The fourth-order valence-electron chi connectivity index (χ4n) is 5.78. The Morgan fingerprint density at radius 1 is 0.667 bits per heavy atom. The topological polar surface area (TPSA) is 46.5 Å². The zero-order valence-corrected chi connectivity index (χ0v) is 25.2. The fourth-order valence-corrected chi connectivity index (χ4v) is 5.78. The fraction of sp³-hybridized carbons (Fsp3) is 0.472. The van der Waals surface area contributed by atoms with Gasteiger partial charge >= 0.3 is 6.16 Å². The molecule has 0 fully saturated rings. The minimum atomic E-state index is -1.27. The number of hydrogen-bond acceptors (Lipinski definition) is 2. The van der Waals surface area contributed by atoms with Crippen LogP contribution in [0, 0.1) is 0 Å². The highest BCUT2D eigenvalue weighted by Crippen LogP contribution is 2.52. The van der Waals surface area contributed by atoms with E-state index < -0.39 is 6.16 Å². The Morgan fingerprint density at radius 2 is 1.10 bits per heavy atom. The van der Waals surface area contributed by atoms with Gasteiger partial charge in [-0.1, -0.05) is 148 Å². The van der Waals surface area contributed by atoms with Crippen molar-refractivity contribution in [3.8, 4) is 28.0 Å². The van der Waals surface area contributed by atoms with Crippen LogP contribution < -0.4 is 4.74 Å². The molecule has 3 nitrogen and oxygen atoms in total. The van der Waals surface area contributed by atoms with Crippen molar-refractivity contribution >= 4 is 6.16 Å². The van der Waals surface area contributed by atoms with E-state index in [9.17, 15) is 9.90 Å². The number of ether oxygens (including phenoxy) is 1. The Bertz CT molecular complexity index is 1210. The molecule has 0 atom stereocenters. The van der Waals surface area contributed by atoms with E-state index in [1.807, 2.05) is 24.3 Å². The van der Waals surface area contributed by atoms with Gasteiger partial charge in [0.15, 0.2) is 0 Å². The van der Waals surface area contributed by atoms with Gasteiger partial charge in [-0.05, 0) is 51.5 Å². The van der Waals surface area contributed by atoms with Crippen molar-refractivity contribution in [1.82, 2.24) is 0 Å². The summed E-state index contributed by atoms with van der Waals surface area (Å²) in [5.74, 6) is 0.497. The first kappa shape index (κ1) is 30.5. The standard InChI is InChI=1S/C36H48O3/c1-8-9-10-11-12-13-20-25-28-29(26-21-16-14-17-22-26)31(35(2,3)4)32(36(5,6)7)30(33(28)39-34(37)38)27-23-18-15-19-24-27/h14-19,21-24H,8-13,20,25H2,1-7H3,(H,37,38). The molecular formula is C36H48O3. The molecule has 0 amide bonds. The summed E-state index contributed by atoms with van der Waals surface area (Å²) in [6.45, 7) is 15.7. The average Bonchev–Trinajstić information content (AvgIpc) is 2.87. The van der Waals surface area contributed by atoms with Gasteiger partial charge in [-0.3, -0.25) is 0 Å². The van der Waals surface area contributed by atoms with E-state index >= 15 is 0 Å². The normalized spacial score (nSPS) is 12.0. The van der Waals surface area contributed by atoms with Crippen molar-refractivity contribution in [3.05, 3.63) is 77.4 Å². The van der Waals surface area contributed by atoms with Crippen molar-refractivity contribution in [2.24, 2.45) is 0 Å². The molecule has 0 aliphatic heterocycles. The second-order valence-electron chi connectivity index (χ2n) is 12.8. The van der Waals surface area contributed by atoms with Gasteiger partial charge in [0.1, 0.15) is 5.75 Å². The monoisotopic (exact) mass is 528 g/mol. The molecule has 3 heteroatoms. The molecular weight excluding hydrogens is 480 g/mol. The molecule has 0 heterocycles. The lowest BCUT2D eigenvalue weighted by molar-refractivity contribution is 0.144. The van der Waals surface area contributed by atoms with Gasteiger partial charge in [-0.15, -0.1) is 0 Å². The molecule has 0 unspecified atom stereocenters. The minimum Gasteiger partial charge on any atom is -0.449 e. The summed E-state index contributed by atoms with van der Waals surface area (Å²) >= 11 is 0. The van der Waals surface area contributed by atoms with Gasteiger partial charge in [-0.25, -0.2) is 4.79 Å². The van der Waals surface area contributed by atoms with Crippen molar-refractivity contribution in [3.63, 3.8) is 0 Å². The zero-order chi connectivity index (χ0) is 28.6. The number of carbonyl (C=O) groups is 1. The summed E-state index contributed by atoms with van der Waals surface area (Å²) in [6, 6.07) is 20.7. The second kappa shape index (κ2) is 13.3. The number of unbranched alkanes of at least 4 members (excludes halogenated alkanes) is 6. The first-order valence-electron chi connectivity index (χ1n) is 14.7. The summed E-state index contributed by atoms with van der Waals surface area (Å²) in [6.07, 6.45) is 7.89. The van der Waals surface area contributed by atoms with Gasteiger partial charge in [0.2, 0.25) is 0 Å². The van der Waals surface area contributed by atoms with Crippen LogP contribution in [0.5, 0.6) is 5.75 Å². The van der Waals surface area contributed by atoms with Crippen LogP contribution in [-0.2, 0) is 17.3 Å². The molecule has 0 aliphatic carbocycles. The van der Waals surface area contributed by atoms with Crippen LogP contribution in [0.2, 0.25) is 0 Å². The van der Waals surface area contributed by atoms with Gasteiger partial charge in [-0.2, -0.15) is 0 Å². The maximum absolute atomic E-state index is 12.2. The van der Waals surface area contributed by atoms with E-state index in [0.29, 0.717) is 5.75 Å². The molecule has 0 radical (unpaired) electrons. The molecule has 1 N–H and O–H groups in total. The molecule has 3 aromatic rings. The van der Waals surface area contributed by atoms with Crippen molar-refractivity contribution in [2.75, 3.05) is 0 Å². The van der Waals surface area contributed by atoms with Crippen LogP contribution in [0.15, 0.2) is 60.7 Å². The molecule has 3 rings (SSSR count). The molecule has 0 spiro atoms.